The zero-order valence-electron chi connectivity index (χ0n) is 15.6. The first-order chi connectivity index (χ1) is 12.6. The third-order valence-corrected chi connectivity index (χ3v) is 3.89. The van der Waals surface area contributed by atoms with Crippen LogP contribution in [0, 0.1) is 0 Å². The van der Waals surface area contributed by atoms with E-state index in [-0.39, 0.29) is 5.91 Å². The van der Waals surface area contributed by atoms with Crippen molar-refractivity contribution in [3.63, 3.8) is 0 Å². The summed E-state index contributed by atoms with van der Waals surface area (Å²) in [6.45, 7) is 0.509. The van der Waals surface area contributed by atoms with Crippen LogP contribution in [0.2, 0.25) is 0 Å². The van der Waals surface area contributed by atoms with E-state index in [4.69, 9.17) is 18.9 Å². The van der Waals surface area contributed by atoms with E-state index in [0.717, 1.165) is 16.8 Å². The zero-order valence-corrected chi connectivity index (χ0v) is 15.6. The molecule has 0 saturated carbocycles. The van der Waals surface area contributed by atoms with Crippen molar-refractivity contribution < 1.29 is 23.7 Å². The standard InChI is InChI=1S/C20H25NO5/c1-23-13-15-6-5-7-16(10-15)21-19(22)9-8-14-11-17(24-2)20(26-4)18(12-14)25-3/h5-7,10-12H,8-9,13H2,1-4H3,(H,21,22). The maximum Gasteiger partial charge on any atom is 0.224 e. The summed E-state index contributed by atoms with van der Waals surface area (Å²) in [4.78, 5) is 12.3. The minimum absolute atomic E-state index is 0.0617. The molecule has 0 aliphatic heterocycles. The van der Waals surface area contributed by atoms with E-state index < -0.39 is 0 Å². The normalized spacial score (nSPS) is 10.3. The second-order valence-electron chi connectivity index (χ2n) is 5.72. The van der Waals surface area contributed by atoms with Crippen LogP contribution < -0.4 is 19.5 Å². The molecule has 0 radical (unpaired) electrons. The molecule has 0 unspecified atom stereocenters. The van der Waals surface area contributed by atoms with Gasteiger partial charge >= 0.3 is 0 Å². The Morgan fingerprint density at radius 3 is 2.19 bits per heavy atom. The average molecular weight is 359 g/mol. The number of methoxy groups -OCH3 is 4. The number of rotatable bonds is 9. The lowest BCUT2D eigenvalue weighted by Gasteiger charge is -2.14. The van der Waals surface area contributed by atoms with Crippen molar-refractivity contribution in [1.29, 1.82) is 0 Å². The van der Waals surface area contributed by atoms with Gasteiger partial charge < -0.3 is 24.3 Å². The molecule has 2 rings (SSSR count). The average Bonchev–Trinajstić information content (AvgIpc) is 2.66. The molecule has 1 N–H and O–H groups in total. The Morgan fingerprint density at radius 1 is 0.923 bits per heavy atom. The number of carbonyl (C=O) groups excluding carboxylic acids is 1. The molecule has 0 aromatic heterocycles. The molecule has 0 aliphatic carbocycles. The molecular formula is C20H25NO5. The lowest BCUT2D eigenvalue weighted by molar-refractivity contribution is -0.116. The summed E-state index contributed by atoms with van der Waals surface area (Å²) in [6.07, 6.45) is 0.896. The lowest BCUT2D eigenvalue weighted by atomic mass is 10.1. The van der Waals surface area contributed by atoms with E-state index in [1.807, 2.05) is 36.4 Å². The van der Waals surface area contributed by atoms with Crippen LogP contribution in [0.25, 0.3) is 0 Å². The quantitative estimate of drug-likeness (QED) is 0.743. The van der Waals surface area contributed by atoms with Gasteiger partial charge in [0, 0.05) is 19.2 Å². The summed E-state index contributed by atoms with van der Waals surface area (Å²) in [5, 5.41) is 2.91. The molecule has 0 atom stereocenters. The van der Waals surface area contributed by atoms with E-state index in [0.29, 0.717) is 36.7 Å². The van der Waals surface area contributed by atoms with Gasteiger partial charge in [0.15, 0.2) is 11.5 Å². The number of hydrogen-bond donors (Lipinski definition) is 1. The van der Waals surface area contributed by atoms with E-state index in [1.54, 1.807) is 28.4 Å². The number of nitrogens with one attached hydrogen (secondary N) is 1. The first kappa shape index (κ1) is 19.6. The molecule has 0 saturated heterocycles. The van der Waals surface area contributed by atoms with Gasteiger partial charge in [-0.15, -0.1) is 0 Å². The van der Waals surface area contributed by atoms with Crippen molar-refractivity contribution >= 4 is 11.6 Å². The summed E-state index contributed by atoms with van der Waals surface area (Å²) >= 11 is 0. The van der Waals surface area contributed by atoms with Gasteiger partial charge in [0.25, 0.3) is 0 Å². The number of benzene rings is 2. The van der Waals surface area contributed by atoms with E-state index in [1.165, 1.54) is 0 Å². The fourth-order valence-corrected chi connectivity index (χ4v) is 2.67. The Labute approximate surface area is 154 Å². The lowest BCUT2D eigenvalue weighted by Crippen LogP contribution is -2.12. The highest BCUT2D eigenvalue weighted by atomic mass is 16.5. The van der Waals surface area contributed by atoms with Gasteiger partial charge in [-0.05, 0) is 41.8 Å². The fourth-order valence-electron chi connectivity index (χ4n) is 2.67. The molecule has 26 heavy (non-hydrogen) atoms. The highest BCUT2D eigenvalue weighted by Gasteiger charge is 2.14. The Hall–Kier alpha value is -2.73. The summed E-state index contributed by atoms with van der Waals surface area (Å²) in [5.74, 6) is 1.63. The second-order valence-corrected chi connectivity index (χ2v) is 5.72. The molecule has 140 valence electrons. The molecule has 0 fully saturated rings. The van der Waals surface area contributed by atoms with Gasteiger partial charge in [-0.1, -0.05) is 12.1 Å². The number of carbonyl (C=O) groups is 1. The van der Waals surface area contributed by atoms with Crippen molar-refractivity contribution in [3.8, 4) is 17.2 Å². The largest absolute Gasteiger partial charge is 0.493 e. The van der Waals surface area contributed by atoms with E-state index in [9.17, 15) is 4.79 Å². The van der Waals surface area contributed by atoms with Gasteiger partial charge in [-0.2, -0.15) is 0 Å². The zero-order chi connectivity index (χ0) is 18.9. The monoisotopic (exact) mass is 359 g/mol. The SMILES string of the molecule is COCc1cccc(NC(=O)CCc2cc(OC)c(OC)c(OC)c2)c1. The van der Waals surface area contributed by atoms with Gasteiger partial charge in [0.2, 0.25) is 11.7 Å². The van der Waals surface area contributed by atoms with Gasteiger partial charge in [0.05, 0.1) is 27.9 Å². The molecule has 2 aromatic rings. The summed E-state index contributed by atoms with van der Waals surface area (Å²) in [7, 11) is 6.34. The minimum Gasteiger partial charge on any atom is -0.493 e. The highest BCUT2D eigenvalue weighted by Crippen LogP contribution is 2.38. The van der Waals surface area contributed by atoms with Crippen molar-refractivity contribution in [2.45, 2.75) is 19.4 Å². The van der Waals surface area contributed by atoms with Crippen LogP contribution in [0.15, 0.2) is 36.4 Å². The van der Waals surface area contributed by atoms with Crippen LogP contribution in [0.3, 0.4) is 0 Å². The molecule has 0 aliphatic rings. The third kappa shape index (κ3) is 5.13. The molecular weight excluding hydrogens is 334 g/mol. The number of hydrogen-bond acceptors (Lipinski definition) is 5. The molecule has 0 bridgehead atoms. The van der Waals surface area contributed by atoms with Gasteiger partial charge in [-0.25, -0.2) is 0 Å². The molecule has 0 heterocycles. The third-order valence-electron chi connectivity index (χ3n) is 3.89. The molecule has 1 amide bonds. The molecule has 6 nitrogen and oxygen atoms in total. The summed E-state index contributed by atoms with van der Waals surface area (Å²) in [5.41, 5.74) is 2.70. The van der Waals surface area contributed by atoms with Crippen LogP contribution in [-0.2, 0) is 22.6 Å². The van der Waals surface area contributed by atoms with Crippen molar-refractivity contribution in [3.05, 3.63) is 47.5 Å². The predicted molar refractivity (Wildman–Crippen MR) is 100 cm³/mol. The first-order valence-electron chi connectivity index (χ1n) is 8.27. The predicted octanol–water partition coefficient (Wildman–Crippen LogP) is 3.43. The summed E-state index contributed by atoms with van der Waals surface area (Å²) in [6, 6.07) is 11.3. The Kier molecular flexibility index (Phi) is 7.29. The number of aryl methyl sites for hydroxylation is 1. The topological polar surface area (TPSA) is 66.0 Å². The first-order valence-corrected chi connectivity index (χ1v) is 8.27. The van der Waals surface area contributed by atoms with Crippen LogP contribution in [0.4, 0.5) is 5.69 Å². The highest BCUT2D eigenvalue weighted by molar-refractivity contribution is 5.90. The fraction of sp³-hybridized carbons (Fsp3) is 0.350. The Morgan fingerprint density at radius 2 is 1.62 bits per heavy atom. The van der Waals surface area contributed by atoms with Crippen molar-refractivity contribution in [2.24, 2.45) is 0 Å². The van der Waals surface area contributed by atoms with E-state index in [2.05, 4.69) is 5.32 Å². The number of anilines is 1. The molecule has 6 heteroatoms. The maximum absolute atomic E-state index is 12.3. The molecule has 0 spiro atoms. The van der Waals surface area contributed by atoms with Crippen LogP contribution in [0.5, 0.6) is 17.2 Å². The molecule has 2 aromatic carbocycles. The Bertz CT molecular complexity index is 720. The van der Waals surface area contributed by atoms with Crippen LogP contribution in [-0.4, -0.2) is 34.3 Å². The Balaban J connectivity index is 2.02. The van der Waals surface area contributed by atoms with E-state index >= 15 is 0 Å². The second kappa shape index (κ2) is 9.68. The minimum atomic E-state index is -0.0617. The van der Waals surface area contributed by atoms with Crippen molar-refractivity contribution in [1.82, 2.24) is 0 Å². The van der Waals surface area contributed by atoms with Crippen molar-refractivity contribution in [2.75, 3.05) is 33.8 Å². The van der Waals surface area contributed by atoms with Crippen LogP contribution in [0.1, 0.15) is 17.5 Å². The smallest absolute Gasteiger partial charge is 0.224 e. The summed E-state index contributed by atoms with van der Waals surface area (Å²) < 4.78 is 21.1. The van der Waals surface area contributed by atoms with Gasteiger partial charge in [0.1, 0.15) is 0 Å². The van der Waals surface area contributed by atoms with Crippen LogP contribution >= 0.6 is 0 Å². The number of amides is 1. The van der Waals surface area contributed by atoms with Gasteiger partial charge in [-0.3, -0.25) is 4.79 Å². The number of ether oxygens (including phenoxy) is 4. The maximum atomic E-state index is 12.3.